The topological polar surface area (TPSA) is 88.9 Å². The molecule has 0 spiro atoms. The summed E-state index contributed by atoms with van der Waals surface area (Å²) in [4.78, 5) is 12.2. The molecule has 1 aliphatic carbocycles. The van der Waals surface area contributed by atoms with Gasteiger partial charge >= 0.3 is 5.97 Å². The number of nitrogens with one attached hydrogen (secondary N) is 1. The maximum atomic E-state index is 12.2. The Hall–Kier alpha value is -2.54. The molecule has 0 radical (unpaired) electrons. The van der Waals surface area contributed by atoms with E-state index >= 15 is 0 Å². The lowest BCUT2D eigenvalue weighted by Gasteiger charge is -2.26. The van der Waals surface area contributed by atoms with Crippen molar-refractivity contribution in [2.45, 2.75) is 44.6 Å². The minimum atomic E-state index is -0.484. The largest absolute Gasteiger partial charge is 0.461 e. The zero-order chi connectivity index (χ0) is 18.4. The minimum Gasteiger partial charge on any atom is -0.461 e. The molecule has 1 fully saturated rings. The van der Waals surface area contributed by atoms with E-state index < -0.39 is 5.97 Å². The van der Waals surface area contributed by atoms with Crippen molar-refractivity contribution in [2.24, 2.45) is 10.2 Å². The summed E-state index contributed by atoms with van der Waals surface area (Å²) in [6, 6.07) is 9.42. The molecule has 2 aromatic rings. The van der Waals surface area contributed by atoms with Gasteiger partial charge < -0.3 is 9.47 Å². The molecule has 0 atom stereocenters. The summed E-state index contributed by atoms with van der Waals surface area (Å²) >= 11 is 0. The standard InChI is InChI=1S/C19H24N4O3/c1-3-26-19(24)18-17(22-20-14-7-5-4-6-8-14)16(21-23-18)13-9-11-15(25-2)12-10-13/h4-8,13,15H,3,9-12H2,1-2H3,(H,21,23)/b22-20+/t13-,15+. The van der Waals surface area contributed by atoms with Crippen LogP contribution in [0.15, 0.2) is 40.6 Å². The molecule has 1 heterocycles. The fourth-order valence-corrected chi connectivity index (χ4v) is 3.27. The Morgan fingerprint density at radius 1 is 1.19 bits per heavy atom. The maximum Gasteiger partial charge on any atom is 0.361 e. The molecule has 26 heavy (non-hydrogen) atoms. The predicted octanol–water partition coefficient (Wildman–Crippen LogP) is 4.67. The highest BCUT2D eigenvalue weighted by Gasteiger charge is 2.29. The van der Waals surface area contributed by atoms with Crippen LogP contribution in [-0.4, -0.2) is 36.0 Å². The second-order valence-corrected chi connectivity index (χ2v) is 6.30. The van der Waals surface area contributed by atoms with Crippen molar-refractivity contribution < 1.29 is 14.3 Å². The molecule has 0 unspecified atom stereocenters. The number of aromatic nitrogens is 2. The molecule has 1 aliphatic rings. The van der Waals surface area contributed by atoms with Crippen LogP contribution in [-0.2, 0) is 9.47 Å². The summed E-state index contributed by atoms with van der Waals surface area (Å²) in [7, 11) is 1.75. The van der Waals surface area contributed by atoms with Gasteiger partial charge in [0.25, 0.3) is 0 Å². The minimum absolute atomic E-state index is 0.190. The summed E-state index contributed by atoms with van der Waals surface area (Å²) in [5.74, 6) is -0.232. The molecule has 1 aromatic heterocycles. The molecule has 0 saturated heterocycles. The first-order valence-electron chi connectivity index (χ1n) is 8.97. The molecular weight excluding hydrogens is 332 g/mol. The lowest BCUT2D eigenvalue weighted by atomic mass is 9.84. The van der Waals surface area contributed by atoms with Crippen LogP contribution >= 0.6 is 0 Å². The van der Waals surface area contributed by atoms with Crippen LogP contribution in [0.5, 0.6) is 0 Å². The Morgan fingerprint density at radius 3 is 2.58 bits per heavy atom. The van der Waals surface area contributed by atoms with Crippen molar-refractivity contribution in [3.05, 3.63) is 41.7 Å². The zero-order valence-corrected chi connectivity index (χ0v) is 15.1. The Kier molecular flexibility index (Phi) is 6.12. The Bertz CT molecular complexity index is 749. The normalized spacial score (nSPS) is 20.4. The number of azo groups is 1. The molecule has 0 bridgehead atoms. The van der Waals surface area contributed by atoms with Crippen molar-refractivity contribution in [1.82, 2.24) is 10.2 Å². The van der Waals surface area contributed by atoms with E-state index in [1.807, 2.05) is 30.3 Å². The number of ether oxygens (including phenoxy) is 2. The second kappa shape index (κ2) is 8.71. The number of hydrogen-bond donors (Lipinski definition) is 1. The summed E-state index contributed by atoms with van der Waals surface area (Å²) < 4.78 is 10.6. The summed E-state index contributed by atoms with van der Waals surface area (Å²) in [5.41, 5.74) is 2.24. The molecule has 7 heteroatoms. The van der Waals surface area contributed by atoms with Crippen LogP contribution < -0.4 is 0 Å². The molecule has 3 rings (SSSR count). The van der Waals surface area contributed by atoms with Crippen LogP contribution in [0.1, 0.15) is 54.7 Å². The van der Waals surface area contributed by atoms with Crippen molar-refractivity contribution in [3.8, 4) is 0 Å². The highest BCUT2D eigenvalue weighted by atomic mass is 16.5. The fourth-order valence-electron chi connectivity index (χ4n) is 3.27. The van der Waals surface area contributed by atoms with Gasteiger partial charge in [-0.2, -0.15) is 10.2 Å². The lowest BCUT2D eigenvalue weighted by Crippen LogP contribution is -2.19. The smallest absolute Gasteiger partial charge is 0.361 e. The monoisotopic (exact) mass is 356 g/mol. The highest BCUT2D eigenvalue weighted by molar-refractivity contribution is 5.93. The number of H-pyrrole nitrogens is 1. The number of aromatic amines is 1. The van der Waals surface area contributed by atoms with Crippen molar-refractivity contribution >= 4 is 17.3 Å². The van der Waals surface area contributed by atoms with Gasteiger partial charge in [0.05, 0.1) is 24.1 Å². The molecule has 138 valence electrons. The Balaban J connectivity index is 1.89. The maximum absolute atomic E-state index is 12.2. The Labute approximate surface area is 152 Å². The molecular formula is C19H24N4O3. The number of hydrogen-bond acceptors (Lipinski definition) is 6. The van der Waals surface area contributed by atoms with Gasteiger partial charge in [0, 0.05) is 13.0 Å². The van der Waals surface area contributed by atoms with E-state index in [1.54, 1.807) is 14.0 Å². The van der Waals surface area contributed by atoms with Gasteiger partial charge in [-0.3, -0.25) is 5.10 Å². The van der Waals surface area contributed by atoms with Crippen molar-refractivity contribution in [2.75, 3.05) is 13.7 Å². The first-order chi connectivity index (χ1) is 12.7. The fraction of sp³-hybridized carbons (Fsp3) is 0.474. The van der Waals surface area contributed by atoms with Gasteiger partial charge in [0.1, 0.15) is 5.69 Å². The van der Waals surface area contributed by atoms with Crippen LogP contribution in [0.25, 0.3) is 0 Å². The van der Waals surface area contributed by atoms with Gasteiger partial charge in [-0.15, -0.1) is 5.11 Å². The van der Waals surface area contributed by atoms with Gasteiger partial charge in [-0.25, -0.2) is 4.79 Å². The van der Waals surface area contributed by atoms with E-state index in [9.17, 15) is 4.79 Å². The number of benzene rings is 1. The molecule has 0 aliphatic heterocycles. The van der Waals surface area contributed by atoms with E-state index in [1.165, 1.54) is 0 Å². The average Bonchev–Trinajstić information content (AvgIpc) is 3.11. The van der Waals surface area contributed by atoms with E-state index in [0.717, 1.165) is 37.1 Å². The molecule has 7 nitrogen and oxygen atoms in total. The molecule has 0 amide bonds. The van der Waals surface area contributed by atoms with Gasteiger partial charge in [-0.1, -0.05) is 18.2 Å². The summed E-state index contributed by atoms with van der Waals surface area (Å²) in [6.07, 6.45) is 4.16. The summed E-state index contributed by atoms with van der Waals surface area (Å²) in [5, 5.41) is 15.8. The predicted molar refractivity (Wildman–Crippen MR) is 97.2 cm³/mol. The zero-order valence-electron chi connectivity index (χ0n) is 15.1. The van der Waals surface area contributed by atoms with E-state index in [4.69, 9.17) is 9.47 Å². The first kappa shape index (κ1) is 18.3. The first-order valence-corrected chi connectivity index (χ1v) is 8.97. The second-order valence-electron chi connectivity index (χ2n) is 6.30. The van der Waals surface area contributed by atoms with Gasteiger partial charge in [0.15, 0.2) is 5.69 Å². The third kappa shape index (κ3) is 4.16. The van der Waals surface area contributed by atoms with Crippen LogP contribution in [0.4, 0.5) is 11.4 Å². The number of esters is 1. The van der Waals surface area contributed by atoms with Crippen LogP contribution in [0, 0.1) is 0 Å². The third-order valence-corrected chi connectivity index (χ3v) is 4.67. The van der Waals surface area contributed by atoms with E-state index in [0.29, 0.717) is 11.8 Å². The summed E-state index contributed by atoms with van der Waals surface area (Å²) in [6.45, 7) is 2.05. The van der Waals surface area contributed by atoms with Crippen LogP contribution in [0.2, 0.25) is 0 Å². The van der Waals surface area contributed by atoms with Crippen LogP contribution in [0.3, 0.4) is 0 Å². The van der Waals surface area contributed by atoms with Gasteiger partial charge in [0.2, 0.25) is 0 Å². The number of carbonyl (C=O) groups is 1. The number of carbonyl (C=O) groups excluding carboxylic acids is 1. The number of nitrogens with zero attached hydrogens (tertiary/aromatic N) is 3. The van der Waals surface area contributed by atoms with E-state index in [2.05, 4.69) is 20.4 Å². The lowest BCUT2D eigenvalue weighted by molar-refractivity contribution is 0.0520. The van der Waals surface area contributed by atoms with Crippen molar-refractivity contribution in [3.63, 3.8) is 0 Å². The van der Waals surface area contributed by atoms with E-state index in [-0.39, 0.29) is 18.2 Å². The molecule has 1 saturated carbocycles. The average molecular weight is 356 g/mol. The number of methoxy groups -OCH3 is 1. The molecule has 1 aromatic carbocycles. The molecule has 1 N–H and O–H groups in total. The SMILES string of the molecule is CCOC(=O)c1n[nH]c([C@H]2CC[C@@H](OC)CC2)c1/N=N/c1ccccc1. The van der Waals surface area contributed by atoms with Gasteiger partial charge in [-0.05, 0) is 44.7 Å². The third-order valence-electron chi connectivity index (χ3n) is 4.67. The number of rotatable bonds is 6. The van der Waals surface area contributed by atoms with Crippen molar-refractivity contribution in [1.29, 1.82) is 0 Å². The highest BCUT2D eigenvalue weighted by Crippen LogP contribution is 2.39. The quantitative estimate of drug-likeness (QED) is 0.601. The Morgan fingerprint density at radius 2 is 1.92 bits per heavy atom.